The first-order valence-electron chi connectivity index (χ1n) is 23.1. The summed E-state index contributed by atoms with van der Waals surface area (Å²) < 4.78 is 10.9. The highest BCUT2D eigenvalue weighted by molar-refractivity contribution is 6.09. The Morgan fingerprint density at radius 3 is 2.07 bits per heavy atom. The number of fused-ring (bicyclic) bond motifs is 1. The minimum Gasteiger partial charge on any atom is -0.451 e. The van der Waals surface area contributed by atoms with Gasteiger partial charge in [-0.3, -0.25) is 24.2 Å². The Labute approximate surface area is 398 Å². The number of aliphatic hydroxyl groups excluding tert-OH is 1. The summed E-state index contributed by atoms with van der Waals surface area (Å²) >= 11 is 0. The molecule has 13 nitrogen and oxygen atoms in total. The number of aryl methyl sites for hydroxylation is 3. The van der Waals surface area contributed by atoms with Gasteiger partial charge < -0.3 is 24.9 Å². The van der Waals surface area contributed by atoms with Crippen LogP contribution in [0.4, 0.5) is 0 Å². The molecule has 2 heterocycles. The van der Waals surface area contributed by atoms with E-state index in [4.69, 9.17) is 20.0 Å². The average Bonchev–Trinajstić information content (AvgIpc) is 3.83. The van der Waals surface area contributed by atoms with Crippen molar-refractivity contribution in [3.8, 4) is 0 Å². The molecular weight excluding hydrogens is 847 g/mol. The van der Waals surface area contributed by atoms with E-state index >= 15 is 0 Å². The molecule has 1 saturated carbocycles. The van der Waals surface area contributed by atoms with Crippen LogP contribution in [0.1, 0.15) is 159 Å². The number of ketones is 4. The molecule has 1 aliphatic heterocycles. The van der Waals surface area contributed by atoms with E-state index in [1.165, 1.54) is 38.5 Å². The lowest BCUT2D eigenvalue weighted by Gasteiger charge is -2.20. The number of rotatable bonds is 15. The summed E-state index contributed by atoms with van der Waals surface area (Å²) in [6.45, 7) is 25.9. The molecule has 1 fully saturated rings. The molecule has 67 heavy (non-hydrogen) atoms. The topological polar surface area (TPSA) is 195 Å². The number of benzene rings is 3. The van der Waals surface area contributed by atoms with Crippen LogP contribution in [-0.2, 0) is 32.8 Å². The number of hydrogen-bond donors (Lipinski definition) is 2. The number of carbonyl (C=O) groups is 5. The van der Waals surface area contributed by atoms with E-state index < -0.39 is 5.60 Å². The highest BCUT2D eigenvalue weighted by Crippen LogP contribution is 2.36. The molecule has 362 valence electrons. The first kappa shape index (κ1) is 56.9. The minimum absolute atomic E-state index is 0.0612. The van der Waals surface area contributed by atoms with Crippen molar-refractivity contribution in [1.82, 2.24) is 15.1 Å². The Hall–Kier alpha value is -6.18. The number of aliphatic imine (C=N–C) groups is 1. The van der Waals surface area contributed by atoms with Crippen LogP contribution in [0.15, 0.2) is 94.6 Å². The third kappa shape index (κ3) is 20.1. The van der Waals surface area contributed by atoms with Crippen LogP contribution in [-0.4, -0.2) is 81.8 Å². The molecule has 0 amide bonds. The molecule has 0 spiro atoms. The highest BCUT2D eigenvalue weighted by Gasteiger charge is 2.37. The average molecular weight is 920 g/mol. The predicted molar refractivity (Wildman–Crippen MR) is 266 cm³/mol. The largest absolute Gasteiger partial charge is 0.451 e. The maximum atomic E-state index is 11.4. The SMILES string of the molecule is C=CN=C/C(=C(\C)N)c1nnc(CCCN(CCC)CCC)o1.CC(=O)c1ccc(C)cc1C(C)=O.CC1CCC(=O)CC1=O.Cc1ccc2c(c1)C(C)(C)OC2=O.OCCc1ccccc1. The van der Waals surface area contributed by atoms with Crippen LogP contribution >= 0.6 is 0 Å². The van der Waals surface area contributed by atoms with Crippen molar-refractivity contribution in [2.75, 3.05) is 26.2 Å². The van der Waals surface area contributed by atoms with Gasteiger partial charge in [-0.05, 0) is 118 Å². The number of esters is 1. The lowest BCUT2D eigenvalue weighted by Crippen LogP contribution is -2.26. The van der Waals surface area contributed by atoms with Crippen molar-refractivity contribution in [3.05, 3.63) is 136 Å². The van der Waals surface area contributed by atoms with E-state index in [0.29, 0.717) is 46.2 Å². The number of hydrogen-bond acceptors (Lipinski definition) is 13. The van der Waals surface area contributed by atoms with Crippen molar-refractivity contribution in [2.45, 2.75) is 126 Å². The summed E-state index contributed by atoms with van der Waals surface area (Å²) in [6.07, 6.45) is 9.47. The molecule has 1 unspecified atom stereocenters. The smallest absolute Gasteiger partial charge is 0.339 e. The number of Topliss-reactive ketones (excluding diaryl/α,β-unsaturated/α-hetero) is 4. The van der Waals surface area contributed by atoms with E-state index in [-0.39, 0.29) is 48.0 Å². The van der Waals surface area contributed by atoms with Gasteiger partial charge in [0.05, 0.1) is 17.6 Å². The monoisotopic (exact) mass is 920 g/mol. The van der Waals surface area contributed by atoms with Crippen LogP contribution < -0.4 is 5.73 Å². The standard InChI is InChI=1S/C17H29N5O.2C11H12O2.C8H10O.C7H10O2/c1-5-10-22(11-6-2)12-8-9-16-20-21-17(23-16)15(14(4)18)13-19-7-3;1-7-4-5-8-9(6-7)11(2,3)13-10(8)12;1-7-4-5-10(8(2)12)11(6-7)9(3)13;9-7-6-8-4-2-1-3-5-8;1-5-2-3-6(8)4-7(5)9/h7,13H,3,5-6,8-12,18H2,1-2,4H3;2*4-6H,1-3H3;1-5,9H,6-7H2;5H,2-4H2,1H3/b15-14-,19-13?;;;;. The molecule has 0 radical (unpaired) electrons. The van der Waals surface area contributed by atoms with E-state index in [0.717, 1.165) is 62.0 Å². The van der Waals surface area contributed by atoms with Gasteiger partial charge >= 0.3 is 5.97 Å². The van der Waals surface area contributed by atoms with Crippen LogP contribution in [0.3, 0.4) is 0 Å². The van der Waals surface area contributed by atoms with Gasteiger partial charge in [-0.1, -0.05) is 93.1 Å². The van der Waals surface area contributed by atoms with Gasteiger partial charge in [-0.15, -0.1) is 10.2 Å². The number of ether oxygens (including phenoxy) is 1. The van der Waals surface area contributed by atoms with E-state index in [2.05, 4.69) is 40.5 Å². The molecule has 3 aromatic carbocycles. The van der Waals surface area contributed by atoms with Crippen molar-refractivity contribution < 1.29 is 38.2 Å². The Morgan fingerprint density at radius 2 is 1.52 bits per heavy atom. The zero-order valence-electron chi connectivity index (χ0n) is 41.4. The minimum atomic E-state index is -0.460. The summed E-state index contributed by atoms with van der Waals surface area (Å²) in [6, 6.07) is 21.0. The Balaban J connectivity index is 0.000000302. The van der Waals surface area contributed by atoms with Gasteiger partial charge in [0.2, 0.25) is 5.89 Å². The molecular formula is C54H73N5O8. The van der Waals surface area contributed by atoms with E-state index in [1.54, 1.807) is 25.3 Å². The van der Waals surface area contributed by atoms with Gasteiger partial charge in [-0.25, -0.2) is 4.79 Å². The number of nitrogens with two attached hydrogens (primary N) is 1. The molecule has 0 saturated heterocycles. The number of carbonyl (C=O) groups excluding carboxylic acids is 5. The second-order valence-electron chi connectivity index (χ2n) is 17.2. The fraction of sp³-hybridized carbons (Fsp3) is 0.444. The number of nitrogens with zero attached hydrogens (tertiary/aromatic N) is 4. The molecule has 0 bridgehead atoms. The molecule has 1 atom stereocenters. The third-order valence-corrected chi connectivity index (χ3v) is 10.7. The zero-order valence-corrected chi connectivity index (χ0v) is 41.4. The van der Waals surface area contributed by atoms with Crippen molar-refractivity contribution >= 4 is 40.9 Å². The van der Waals surface area contributed by atoms with Crippen LogP contribution in [0, 0.1) is 19.8 Å². The molecule has 13 heteroatoms. The Morgan fingerprint density at radius 1 is 0.896 bits per heavy atom. The Kier molecular flexibility index (Phi) is 25.0. The number of aliphatic hydroxyl groups is 1. The lowest BCUT2D eigenvalue weighted by atomic mass is 9.89. The maximum absolute atomic E-state index is 11.4. The summed E-state index contributed by atoms with van der Waals surface area (Å²) in [7, 11) is 0. The Bertz CT molecular complexity index is 2300. The summed E-state index contributed by atoms with van der Waals surface area (Å²) in [5.74, 6) is 1.06. The van der Waals surface area contributed by atoms with Crippen molar-refractivity contribution in [3.63, 3.8) is 0 Å². The first-order valence-corrected chi connectivity index (χ1v) is 23.1. The summed E-state index contributed by atoms with van der Waals surface area (Å²) in [5, 5.41) is 16.7. The number of aromatic nitrogens is 2. The second-order valence-corrected chi connectivity index (χ2v) is 17.2. The fourth-order valence-electron chi connectivity index (χ4n) is 7.04. The fourth-order valence-corrected chi connectivity index (χ4v) is 7.04. The van der Waals surface area contributed by atoms with Crippen LogP contribution in [0.5, 0.6) is 0 Å². The molecule has 2 aliphatic rings. The van der Waals surface area contributed by atoms with Crippen molar-refractivity contribution in [2.24, 2.45) is 16.6 Å². The van der Waals surface area contributed by atoms with Crippen molar-refractivity contribution in [1.29, 1.82) is 0 Å². The number of cyclic esters (lactones) is 1. The van der Waals surface area contributed by atoms with Gasteiger partial charge in [-0.2, -0.15) is 0 Å². The van der Waals surface area contributed by atoms with Crippen LogP contribution in [0.2, 0.25) is 0 Å². The maximum Gasteiger partial charge on any atom is 0.339 e. The molecule has 1 aromatic heterocycles. The summed E-state index contributed by atoms with van der Waals surface area (Å²) in [5.41, 5.74) is 12.7. The van der Waals surface area contributed by atoms with Gasteiger partial charge in [0.1, 0.15) is 17.2 Å². The molecule has 6 rings (SSSR count). The lowest BCUT2D eigenvalue weighted by molar-refractivity contribution is -0.132. The predicted octanol–water partition coefficient (Wildman–Crippen LogP) is 9.99. The van der Waals surface area contributed by atoms with Gasteiger partial charge in [0, 0.05) is 60.2 Å². The van der Waals surface area contributed by atoms with Gasteiger partial charge in [0.25, 0.3) is 5.89 Å². The molecule has 3 N–H and O–H groups in total. The van der Waals surface area contributed by atoms with Gasteiger partial charge in [0.15, 0.2) is 11.6 Å². The van der Waals surface area contributed by atoms with Crippen LogP contribution in [0.25, 0.3) is 5.57 Å². The highest BCUT2D eigenvalue weighted by atomic mass is 16.6. The normalized spacial score (nSPS) is 15.0. The molecule has 1 aliphatic carbocycles. The molecule has 4 aromatic rings. The van der Waals surface area contributed by atoms with E-state index in [9.17, 15) is 24.0 Å². The van der Waals surface area contributed by atoms with E-state index in [1.807, 2.05) is 89.2 Å². The quantitative estimate of drug-likeness (QED) is 0.0497. The number of allylic oxidation sites excluding steroid dienone is 2. The zero-order chi connectivity index (χ0) is 50.1. The third-order valence-electron chi connectivity index (χ3n) is 10.7. The second kappa shape index (κ2) is 29.5. The summed E-state index contributed by atoms with van der Waals surface area (Å²) in [4.78, 5) is 61.5. The first-order chi connectivity index (χ1) is 31.8.